The molecule has 0 amide bonds. The summed E-state index contributed by atoms with van der Waals surface area (Å²) in [7, 11) is 0. The van der Waals surface area contributed by atoms with Crippen molar-refractivity contribution in [2.75, 3.05) is 6.79 Å². The number of hydrogen-bond donors (Lipinski definition) is 0. The Hall–Kier alpha value is -3.45. The number of benzene rings is 2. The highest BCUT2D eigenvalue weighted by Crippen LogP contribution is 2.35. The van der Waals surface area contributed by atoms with Crippen molar-refractivity contribution < 1.29 is 14.3 Å². The summed E-state index contributed by atoms with van der Waals surface area (Å²) in [6.07, 6.45) is 1.44. The molecule has 0 N–H and O–H groups in total. The highest BCUT2D eigenvalue weighted by molar-refractivity contribution is 7.19. The summed E-state index contributed by atoms with van der Waals surface area (Å²) >= 11 is 1.49. The molecule has 5 rings (SSSR count). The normalized spacial score (nSPS) is 12.4. The maximum absolute atomic E-state index is 13.2. The fraction of sp³-hybridized carbons (Fsp3) is 0.136. The Labute approximate surface area is 170 Å². The average molecular weight is 404 g/mol. The monoisotopic (exact) mass is 404 g/mol. The van der Waals surface area contributed by atoms with Crippen molar-refractivity contribution in [1.82, 2.24) is 9.55 Å². The van der Waals surface area contributed by atoms with Gasteiger partial charge in [0.1, 0.15) is 4.83 Å². The second-order valence-electron chi connectivity index (χ2n) is 6.75. The Morgan fingerprint density at radius 3 is 2.76 bits per heavy atom. The molecule has 3 heterocycles. The van der Waals surface area contributed by atoms with E-state index < -0.39 is 0 Å². The highest BCUT2D eigenvalue weighted by Gasteiger charge is 2.20. The van der Waals surface area contributed by atoms with Crippen LogP contribution in [0.15, 0.2) is 59.7 Å². The summed E-state index contributed by atoms with van der Waals surface area (Å²) in [6, 6.07) is 14.8. The van der Waals surface area contributed by atoms with E-state index in [-0.39, 0.29) is 24.7 Å². The third-order valence-corrected chi connectivity index (χ3v) is 5.94. The minimum Gasteiger partial charge on any atom is -0.454 e. The number of ketones is 1. The van der Waals surface area contributed by atoms with E-state index in [1.54, 1.807) is 18.2 Å². The number of carbonyl (C=O) groups excluding carboxylic acids is 1. The number of rotatable bonds is 4. The fourth-order valence-electron chi connectivity index (χ4n) is 3.52. The van der Waals surface area contributed by atoms with Crippen LogP contribution in [-0.4, -0.2) is 22.1 Å². The molecule has 0 spiro atoms. The van der Waals surface area contributed by atoms with Crippen LogP contribution >= 0.6 is 11.3 Å². The van der Waals surface area contributed by atoms with Crippen LogP contribution < -0.4 is 15.0 Å². The predicted molar refractivity (Wildman–Crippen MR) is 111 cm³/mol. The molecule has 6 nitrogen and oxygen atoms in total. The van der Waals surface area contributed by atoms with Crippen LogP contribution in [0.4, 0.5) is 0 Å². The van der Waals surface area contributed by atoms with Gasteiger partial charge in [-0.05, 0) is 30.7 Å². The number of hydrogen-bond acceptors (Lipinski definition) is 6. The number of fused-ring (bicyclic) bond motifs is 2. The number of aromatic nitrogens is 2. The lowest BCUT2D eigenvalue weighted by atomic mass is 10.0. The van der Waals surface area contributed by atoms with Gasteiger partial charge in [-0.1, -0.05) is 30.3 Å². The second kappa shape index (κ2) is 6.86. The standard InChI is InChI=1S/C22H16N2O4S/c1-13-19(14-5-3-2-4-6-14)20-21(29-13)23-11-24(22(20)26)10-16(25)15-7-8-17-18(9-15)28-12-27-17/h2-9,11H,10,12H2,1H3. The summed E-state index contributed by atoms with van der Waals surface area (Å²) < 4.78 is 12.0. The third-order valence-electron chi connectivity index (χ3n) is 4.93. The van der Waals surface area contributed by atoms with Gasteiger partial charge in [0.05, 0.1) is 18.3 Å². The van der Waals surface area contributed by atoms with E-state index in [0.717, 1.165) is 16.0 Å². The van der Waals surface area contributed by atoms with Gasteiger partial charge in [0.15, 0.2) is 17.3 Å². The summed E-state index contributed by atoms with van der Waals surface area (Å²) in [5, 5.41) is 0.555. The zero-order valence-corrected chi connectivity index (χ0v) is 16.4. The minimum atomic E-state index is -0.215. The van der Waals surface area contributed by atoms with E-state index >= 15 is 0 Å². The molecule has 29 heavy (non-hydrogen) atoms. The highest BCUT2D eigenvalue weighted by atomic mass is 32.1. The first-order valence-electron chi connectivity index (χ1n) is 9.08. The van der Waals surface area contributed by atoms with Gasteiger partial charge in [-0.2, -0.15) is 0 Å². The zero-order chi connectivity index (χ0) is 20.0. The quantitative estimate of drug-likeness (QED) is 0.480. The van der Waals surface area contributed by atoms with Gasteiger partial charge in [-0.15, -0.1) is 11.3 Å². The van der Waals surface area contributed by atoms with E-state index in [0.29, 0.717) is 27.3 Å². The van der Waals surface area contributed by atoms with Crippen molar-refractivity contribution in [2.24, 2.45) is 0 Å². The van der Waals surface area contributed by atoms with Gasteiger partial charge < -0.3 is 9.47 Å². The Kier molecular flexibility index (Phi) is 4.17. The van der Waals surface area contributed by atoms with E-state index in [1.807, 2.05) is 37.3 Å². The minimum absolute atomic E-state index is 0.0927. The van der Waals surface area contributed by atoms with Crippen LogP contribution in [0, 0.1) is 6.92 Å². The van der Waals surface area contributed by atoms with Gasteiger partial charge in [-0.3, -0.25) is 14.2 Å². The van der Waals surface area contributed by atoms with Gasteiger partial charge in [0.2, 0.25) is 6.79 Å². The number of Topliss-reactive ketones (excluding diaryl/α,β-unsaturated/α-hetero) is 1. The summed E-state index contributed by atoms with van der Waals surface area (Å²) in [4.78, 5) is 32.1. The largest absolute Gasteiger partial charge is 0.454 e. The first-order valence-corrected chi connectivity index (χ1v) is 9.90. The van der Waals surface area contributed by atoms with Crippen LogP contribution in [0.25, 0.3) is 21.3 Å². The van der Waals surface area contributed by atoms with E-state index in [9.17, 15) is 9.59 Å². The summed E-state index contributed by atoms with van der Waals surface area (Å²) in [5.74, 6) is 0.958. The van der Waals surface area contributed by atoms with E-state index in [4.69, 9.17) is 9.47 Å². The second-order valence-corrected chi connectivity index (χ2v) is 7.95. The number of aryl methyl sites for hydroxylation is 1. The molecule has 0 bridgehead atoms. The number of thiophene rings is 1. The lowest BCUT2D eigenvalue weighted by molar-refractivity contribution is 0.0970. The van der Waals surface area contributed by atoms with Crippen LogP contribution in [0.2, 0.25) is 0 Å². The van der Waals surface area contributed by atoms with Crippen LogP contribution in [0.3, 0.4) is 0 Å². The maximum atomic E-state index is 13.2. The SMILES string of the molecule is Cc1sc2ncn(CC(=O)c3ccc4c(c3)OCO4)c(=O)c2c1-c1ccccc1. The van der Waals surface area contributed by atoms with Gasteiger partial charge in [0.25, 0.3) is 5.56 Å². The molecule has 7 heteroatoms. The molecule has 2 aromatic carbocycles. The maximum Gasteiger partial charge on any atom is 0.263 e. The molecule has 0 saturated carbocycles. The topological polar surface area (TPSA) is 70.4 Å². The molecule has 0 saturated heterocycles. The molecule has 0 aliphatic carbocycles. The Morgan fingerprint density at radius 2 is 1.93 bits per heavy atom. The molecule has 144 valence electrons. The molecule has 0 atom stereocenters. The van der Waals surface area contributed by atoms with Crippen molar-refractivity contribution in [3.8, 4) is 22.6 Å². The molecular weight excluding hydrogens is 388 g/mol. The molecule has 0 radical (unpaired) electrons. The molecule has 1 aliphatic heterocycles. The smallest absolute Gasteiger partial charge is 0.263 e. The number of nitrogens with zero attached hydrogens (tertiary/aromatic N) is 2. The lowest BCUT2D eigenvalue weighted by Crippen LogP contribution is -2.24. The Balaban J connectivity index is 1.55. The first kappa shape index (κ1) is 17.6. The Bertz CT molecular complexity index is 1310. The van der Waals surface area contributed by atoms with Gasteiger partial charge in [0, 0.05) is 16.0 Å². The molecule has 0 fully saturated rings. The molecule has 4 aromatic rings. The first-order chi connectivity index (χ1) is 14.1. The van der Waals surface area contributed by atoms with Crippen molar-refractivity contribution in [3.05, 3.63) is 75.7 Å². The molecule has 1 aliphatic rings. The fourth-order valence-corrected chi connectivity index (χ4v) is 4.52. The van der Waals surface area contributed by atoms with Crippen LogP contribution in [-0.2, 0) is 6.54 Å². The Morgan fingerprint density at radius 1 is 1.14 bits per heavy atom. The van der Waals surface area contributed by atoms with E-state index in [2.05, 4.69) is 4.98 Å². The van der Waals surface area contributed by atoms with E-state index in [1.165, 1.54) is 22.2 Å². The lowest BCUT2D eigenvalue weighted by Gasteiger charge is -2.07. The van der Waals surface area contributed by atoms with Crippen LogP contribution in [0.1, 0.15) is 15.2 Å². The van der Waals surface area contributed by atoms with Crippen molar-refractivity contribution >= 4 is 27.3 Å². The zero-order valence-electron chi connectivity index (χ0n) is 15.5. The number of carbonyl (C=O) groups is 1. The molecular formula is C22H16N2O4S. The van der Waals surface area contributed by atoms with Crippen molar-refractivity contribution in [1.29, 1.82) is 0 Å². The molecule has 0 unspecified atom stereocenters. The summed E-state index contributed by atoms with van der Waals surface area (Å²) in [6.45, 7) is 2.04. The van der Waals surface area contributed by atoms with Crippen LogP contribution in [0.5, 0.6) is 11.5 Å². The number of ether oxygens (including phenoxy) is 2. The summed E-state index contributed by atoms with van der Waals surface area (Å²) in [5.41, 5.74) is 2.10. The van der Waals surface area contributed by atoms with Gasteiger partial charge >= 0.3 is 0 Å². The molecule has 2 aromatic heterocycles. The third kappa shape index (κ3) is 3.00. The van der Waals surface area contributed by atoms with Crippen molar-refractivity contribution in [3.63, 3.8) is 0 Å². The van der Waals surface area contributed by atoms with Gasteiger partial charge in [-0.25, -0.2) is 4.98 Å². The average Bonchev–Trinajstić information content (AvgIpc) is 3.34. The van der Waals surface area contributed by atoms with Crippen molar-refractivity contribution in [2.45, 2.75) is 13.5 Å². The predicted octanol–water partition coefficient (Wildman–Crippen LogP) is 4.05.